The zero-order valence-corrected chi connectivity index (χ0v) is 11.3. The maximum Gasteiger partial charge on any atom is 0.573 e. The van der Waals surface area contributed by atoms with Crippen molar-refractivity contribution in [3.63, 3.8) is 0 Å². The Balaban J connectivity index is 1.89. The zero-order chi connectivity index (χ0) is 14.6. The fourth-order valence-corrected chi connectivity index (χ4v) is 2.83. The third-order valence-electron chi connectivity index (χ3n) is 3.88. The van der Waals surface area contributed by atoms with Crippen LogP contribution in [0, 0.1) is 5.92 Å². The minimum atomic E-state index is -4.64. The minimum absolute atomic E-state index is 0.0877. The van der Waals surface area contributed by atoms with Gasteiger partial charge in [-0.15, -0.1) is 13.2 Å². The predicted molar refractivity (Wildman–Crippen MR) is 71.4 cm³/mol. The standard InChI is InChI=1S/C15H20F3NO/c16-15(17,18)20-13-8-6-11(7-9-13)10-14(19)12-4-2-1-3-5-12/h6-9,12,14H,1-5,10,19H2. The number of hydrogen-bond acceptors (Lipinski definition) is 2. The highest BCUT2D eigenvalue weighted by atomic mass is 19.4. The smallest absolute Gasteiger partial charge is 0.406 e. The van der Waals surface area contributed by atoms with Crippen molar-refractivity contribution in [1.82, 2.24) is 0 Å². The van der Waals surface area contributed by atoms with Crippen LogP contribution in [0.5, 0.6) is 5.75 Å². The monoisotopic (exact) mass is 287 g/mol. The molecule has 0 aliphatic heterocycles. The third kappa shape index (κ3) is 4.71. The molecule has 2 rings (SSSR count). The highest BCUT2D eigenvalue weighted by Gasteiger charge is 2.31. The molecule has 1 saturated carbocycles. The van der Waals surface area contributed by atoms with Gasteiger partial charge in [-0.2, -0.15) is 0 Å². The summed E-state index contributed by atoms with van der Waals surface area (Å²) in [6.07, 6.45) is 2.14. The molecule has 0 amide bonds. The molecule has 0 saturated heterocycles. The van der Waals surface area contributed by atoms with Crippen molar-refractivity contribution in [1.29, 1.82) is 0 Å². The summed E-state index contributed by atoms with van der Waals surface area (Å²) in [5.74, 6) is 0.349. The number of alkyl halides is 3. The van der Waals surface area contributed by atoms with Gasteiger partial charge in [0.15, 0.2) is 0 Å². The van der Waals surface area contributed by atoms with Gasteiger partial charge in [0.25, 0.3) is 0 Å². The first-order valence-electron chi connectivity index (χ1n) is 7.04. The highest BCUT2D eigenvalue weighted by molar-refractivity contribution is 5.28. The van der Waals surface area contributed by atoms with Gasteiger partial charge in [0, 0.05) is 6.04 Å². The third-order valence-corrected chi connectivity index (χ3v) is 3.88. The summed E-state index contributed by atoms with van der Waals surface area (Å²) in [6, 6.07) is 6.09. The minimum Gasteiger partial charge on any atom is -0.406 e. The largest absolute Gasteiger partial charge is 0.573 e. The summed E-state index contributed by atoms with van der Waals surface area (Å²) in [5, 5.41) is 0. The van der Waals surface area contributed by atoms with Gasteiger partial charge in [0.1, 0.15) is 5.75 Å². The lowest BCUT2D eigenvalue weighted by atomic mass is 9.82. The van der Waals surface area contributed by atoms with E-state index in [2.05, 4.69) is 4.74 Å². The fraction of sp³-hybridized carbons (Fsp3) is 0.600. The quantitative estimate of drug-likeness (QED) is 0.907. The highest BCUT2D eigenvalue weighted by Crippen LogP contribution is 2.28. The number of halogens is 3. The molecule has 1 aliphatic carbocycles. The number of rotatable bonds is 4. The van der Waals surface area contributed by atoms with Crippen LogP contribution in [0.25, 0.3) is 0 Å². The van der Waals surface area contributed by atoms with Crippen molar-refractivity contribution < 1.29 is 17.9 Å². The molecule has 2 N–H and O–H groups in total. The molecule has 0 bridgehead atoms. The zero-order valence-electron chi connectivity index (χ0n) is 11.3. The Morgan fingerprint density at radius 3 is 2.25 bits per heavy atom. The second-order valence-electron chi connectivity index (χ2n) is 5.46. The summed E-state index contributed by atoms with van der Waals surface area (Å²) in [6.45, 7) is 0. The molecule has 1 aliphatic rings. The van der Waals surface area contributed by atoms with Crippen molar-refractivity contribution in [3.05, 3.63) is 29.8 Å². The second kappa shape index (κ2) is 6.48. The Bertz CT molecular complexity index is 410. The summed E-state index contributed by atoms with van der Waals surface area (Å²) >= 11 is 0. The molecule has 0 heterocycles. The number of nitrogens with two attached hydrogens (primary N) is 1. The molecule has 2 nitrogen and oxygen atoms in total. The Labute approximate surface area is 117 Å². The summed E-state index contributed by atoms with van der Waals surface area (Å²) in [7, 11) is 0. The molecule has 5 heteroatoms. The van der Waals surface area contributed by atoms with E-state index in [0.717, 1.165) is 18.4 Å². The van der Waals surface area contributed by atoms with Crippen LogP contribution in [-0.4, -0.2) is 12.4 Å². The van der Waals surface area contributed by atoms with E-state index in [1.807, 2.05) is 0 Å². The molecule has 20 heavy (non-hydrogen) atoms. The molecular formula is C15H20F3NO. The predicted octanol–water partition coefficient (Wildman–Crippen LogP) is 4.04. The van der Waals surface area contributed by atoms with E-state index in [-0.39, 0.29) is 11.8 Å². The molecule has 1 aromatic rings. The summed E-state index contributed by atoms with van der Waals surface area (Å²) in [4.78, 5) is 0. The lowest BCUT2D eigenvalue weighted by Gasteiger charge is -2.27. The van der Waals surface area contributed by atoms with Gasteiger partial charge in [-0.05, 0) is 42.9 Å². The molecular weight excluding hydrogens is 267 g/mol. The van der Waals surface area contributed by atoms with Gasteiger partial charge in [-0.25, -0.2) is 0 Å². The van der Waals surface area contributed by atoms with E-state index in [1.54, 1.807) is 12.1 Å². The molecule has 1 atom stereocenters. The maximum absolute atomic E-state index is 12.1. The number of ether oxygens (including phenoxy) is 1. The molecule has 0 radical (unpaired) electrons. The average molecular weight is 287 g/mol. The van der Waals surface area contributed by atoms with E-state index in [4.69, 9.17) is 5.73 Å². The Morgan fingerprint density at radius 1 is 1.10 bits per heavy atom. The SMILES string of the molecule is NC(Cc1ccc(OC(F)(F)F)cc1)C1CCCCC1. The Hall–Kier alpha value is -1.23. The van der Waals surface area contributed by atoms with E-state index in [9.17, 15) is 13.2 Å². The molecule has 0 spiro atoms. The van der Waals surface area contributed by atoms with Gasteiger partial charge in [-0.3, -0.25) is 0 Å². The van der Waals surface area contributed by atoms with Crippen LogP contribution in [0.1, 0.15) is 37.7 Å². The van der Waals surface area contributed by atoms with Gasteiger partial charge in [0.2, 0.25) is 0 Å². The Kier molecular flexibility index (Phi) is 4.91. The molecule has 112 valence electrons. The van der Waals surface area contributed by atoms with Crippen molar-refractivity contribution in [2.24, 2.45) is 11.7 Å². The lowest BCUT2D eigenvalue weighted by molar-refractivity contribution is -0.274. The van der Waals surface area contributed by atoms with Gasteiger partial charge in [0.05, 0.1) is 0 Å². The topological polar surface area (TPSA) is 35.2 Å². The molecule has 1 unspecified atom stereocenters. The van der Waals surface area contributed by atoms with Crippen LogP contribution in [-0.2, 0) is 6.42 Å². The number of hydrogen-bond donors (Lipinski definition) is 1. The summed E-state index contributed by atoms with van der Waals surface area (Å²) in [5.41, 5.74) is 7.17. The van der Waals surface area contributed by atoms with Crippen LogP contribution < -0.4 is 10.5 Å². The van der Waals surface area contributed by atoms with Crippen LogP contribution in [0.4, 0.5) is 13.2 Å². The van der Waals surface area contributed by atoms with Crippen molar-refractivity contribution >= 4 is 0 Å². The first-order valence-corrected chi connectivity index (χ1v) is 7.04. The van der Waals surface area contributed by atoms with E-state index >= 15 is 0 Å². The van der Waals surface area contributed by atoms with E-state index in [0.29, 0.717) is 12.3 Å². The fourth-order valence-electron chi connectivity index (χ4n) is 2.83. The van der Waals surface area contributed by atoms with Crippen LogP contribution in [0.2, 0.25) is 0 Å². The normalized spacial score (nSPS) is 18.8. The van der Waals surface area contributed by atoms with Crippen molar-refractivity contribution in [3.8, 4) is 5.75 Å². The molecule has 1 fully saturated rings. The van der Waals surface area contributed by atoms with Gasteiger partial charge in [-0.1, -0.05) is 31.4 Å². The van der Waals surface area contributed by atoms with Gasteiger partial charge < -0.3 is 10.5 Å². The van der Waals surface area contributed by atoms with Gasteiger partial charge >= 0.3 is 6.36 Å². The van der Waals surface area contributed by atoms with Crippen molar-refractivity contribution in [2.45, 2.75) is 50.9 Å². The van der Waals surface area contributed by atoms with Crippen LogP contribution >= 0.6 is 0 Å². The Morgan fingerprint density at radius 2 is 1.70 bits per heavy atom. The first-order chi connectivity index (χ1) is 9.44. The second-order valence-corrected chi connectivity index (χ2v) is 5.46. The molecule has 1 aromatic carbocycles. The maximum atomic E-state index is 12.1. The molecule has 0 aromatic heterocycles. The summed E-state index contributed by atoms with van der Waals surface area (Å²) < 4.78 is 40.0. The van der Waals surface area contributed by atoms with Crippen molar-refractivity contribution in [2.75, 3.05) is 0 Å². The van der Waals surface area contributed by atoms with E-state index < -0.39 is 6.36 Å². The first kappa shape index (κ1) is 15.2. The van der Waals surface area contributed by atoms with Crippen LogP contribution in [0.3, 0.4) is 0 Å². The average Bonchev–Trinajstić information content (AvgIpc) is 2.40. The van der Waals surface area contributed by atoms with E-state index in [1.165, 1.54) is 31.4 Å². The lowest BCUT2D eigenvalue weighted by Crippen LogP contribution is -2.33. The number of benzene rings is 1. The van der Waals surface area contributed by atoms with Crippen LogP contribution in [0.15, 0.2) is 24.3 Å².